The number of amides is 1. The van der Waals surface area contributed by atoms with Crippen molar-refractivity contribution < 1.29 is 14.1 Å². The van der Waals surface area contributed by atoms with Crippen molar-refractivity contribution >= 4 is 5.91 Å². The molecule has 1 aromatic rings. The van der Waals surface area contributed by atoms with E-state index in [-0.39, 0.29) is 24.5 Å². The van der Waals surface area contributed by atoms with Gasteiger partial charge in [-0.1, -0.05) is 31.8 Å². The maximum atomic E-state index is 12.5. The Hall–Kier alpha value is -1.43. The molecule has 3 rings (SSSR count). The summed E-state index contributed by atoms with van der Waals surface area (Å²) in [5.74, 6) is 2.25. The number of ether oxygens (including phenoxy) is 1. The molecule has 24 heavy (non-hydrogen) atoms. The van der Waals surface area contributed by atoms with Crippen LogP contribution in [0.4, 0.5) is 0 Å². The molecule has 1 amide bonds. The van der Waals surface area contributed by atoms with Crippen LogP contribution < -0.4 is 0 Å². The summed E-state index contributed by atoms with van der Waals surface area (Å²) in [7, 11) is 0. The first-order valence-corrected chi connectivity index (χ1v) is 9.39. The summed E-state index contributed by atoms with van der Waals surface area (Å²) >= 11 is 0. The second-order valence-electron chi connectivity index (χ2n) is 7.19. The number of aryl methyl sites for hydroxylation is 1. The predicted octanol–water partition coefficient (Wildman–Crippen LogP) is 2.93. The molecule has 1 aliphatic heterocycles. The number of piperidine rings is 1. The summed E-state index contributed by atoms with van der Waals surface area (Å²) in [5.41, 5.74) is 0. The maximum Gasteiger partial charge on any atom is 0.248 e. The van der Waals surface area contributed by atoms with Gasteiger partial charge < -0.3 is 14.2 Å². The molecule has 1 aliphatic carbocycles. The van der Waals surface area contributed by atoms with Gasteiger partial charge >= 0.3 is 0 Å². The van der Waals surface area contributed by atoms with Crippen LogP contribution in [0, 0.1) is 5.92 Å². The zero-order chi connectivity index (χ0) is 16.9. The molecule has 2 heterocycles. The molecule has 0 bridgehead atoms. The van der Waals surface area contributed by atoms with E-state index in [0.717, 1.165) is 38.1 Å². The lowest BCUT2D eigenvalue weighted by Gasteiger charge is -2.33. The molecule has 1 saturated heterocycles. The van der Waals surface area contributed by atoms with Gasteiger partial charge in [0.25, 0.3) is 0 Å². The Labute approximate surface area is 143 Å². The van der Waals surface area contributed by atoms with Crippen LogP contribution in [0.25, 0.3) is 0 Å². The third-order valence-electron chi connectivity index (χ3n) is 5.38. The van der Waals surface area contributed by atoms with E-state index in [1.165, 1.54) is 19.3 Å². The van der Waals surface area contributed by atoms with Crippen LogP contribution in [0.3, 0.4) is 0 Å². The van der Waals surface area contributed by atoms with Gasteiger partial charge in [0.05, 0.1) is 6.10 Å². The van der Waals surface area contributed by atoms with Gasteiger partial charge in [-0.25, -0.2) is 0 Å². The molecule has 3 atom stereocenters. The third-order valence-corrected chi connectivity index (χ3v) is 5.38. The van der Waals surface area contributed by atoms with Crippen molar-refractivity contribution in [2.24, 2.45) is 5.92 Å². The summed E-state index contributed by atoms with van der Waals surface area (Å²) in [4.78, 5) is 18.9. The summed E-state index contributed by atoms with van der Waals surface area (Å²) in [5, 5.41) is 4.08. The Bertz CT molecular complexity index is 545. The highest BCUT2D eigenvalue weighted by Gasteiger charge is 2.29. The van der Waals surface area contributed by atoms with Crippen molar-refractivity contribution in [1.29, 1.82) is 0 Å². The van der Waals surface area contributed by atoms with E-state index in [4.69, 9.17) is 9.26 Å². The smallest absolute Gasteiger partial charge is 0.248 e. The second-order valence-corrected chi connectivity index (χ2v) is 7.19. The van der Waals surface area contributed by atoms with Gasteiger partial charge in [-0.15, -0.1) is 0 Å². The Kier molecular flexibility index (Phi) is 5.87. The topological polar surface area (TPSA) is 68.5 Å². The van der Waals surface area contributed by atoms with E-state index < -0.39 is 0 Å². The van der Waals surface area contributed by atoms with Crippen LogP contribution in [0.1, 0.15) is 70.0 Å². The molecule has 1 saturated carbocycles. The highest BCUT2D eigenvalue weighted by Crippen LogP contribution is 2.27. The van der Waals surface area contributed by atoms with Gasteiger partial charge in [0, 0.05) is 25.4 Å². The van der Waals surface area contributed by atoms with Crippen LogP contribution in [-0.4, -0.2) is 46.7 Å². The van der Waals surface area contributed by atoms with E-state index in [0.29, 0.717) is 18.4 Å². The lowest BCUT2D eigenvalue weighted by atomic mass is 9.88. The Morgan fingerprint density at radius 2 is 2.12 bits per heavy atom. The molecule has 1 aromatic heterocycles. The molecule has 0 radical (unpaired) electrons. The van der Waals surface area contributed by atoms with Gasteiger partial charge in [-0.3, -0.25) is 4.79 Å². The van der Waals surface area contributed by atoms with Gasteiger partial charge in [0.1, 0.15) is 6.61 Å². The zero-order valence-electron chi connectivity index (χ0n) is 14.9. The zero-order valence-corrected chi connectivity index (χ0v) is 14.9. The minimum absolute atomic E-state index is 0.0942. The number of aromatic nitrogens is 2. The van der Waals surface area contributed by atoms with Crippen LogP contribution in [0.2, 0.25) is 0 Å². The molecular weight excluding hydrogens is 306 g/mol. The average Bonchev–Trinajstić information content (AvgIpc) is 3.10. The first-order chi connectivity index (χ1) is 11.7. The number of carbonyl (C=O) groups is 1. The molecule has 0 spiro atoms. The third kappa shape index (κ3) is 4.15. The second kappa shape index (κ2) is 8.10. The SMILES string of the molecule is CCc1nc([C@@H]2CCCN(C(=O)CO[C@@H]3CCCC[C@H]3C)C2)no1. The number of hydrogen-bond acceptors (Lipinski definition) is 5. The van der Waals surface area contributed by atoms with Crippen LogP contribution >= 0.6 is 0 Å². The number of hydrogen-bond donors (Lipinski definition) is 0. The van der Waals surface area contributed by atoms with Crippen molar-refractivity contribution in [1.82, 2.24) is 15.0 Å². The Morgan fingerprint density at radius 1 is 1.29 bits per heavy atom. The first-order valence-electron chi connectivity index (χ1n) is 9.39. The van der Waals surface area contributed by atoms with Crippen LogP contribution in [0.5, 0.6) is 0 Å². The Morgan fingerprint density at radius 3 is 2.88 bits per heavy atom. The summed E-state index contributed by atoms with van der Waals surface area (Å²) < 4.78 is 11.1. The average molecular weight is 335 g/mol. The fraction of sp³-hybridized carbons (Fsp3) is 0.833. The van der Waals surface area contributed by atoms with E-state index in [1.54, 1.807) is 0 Å². The molecule has 134 valence electrons. The van der Waals surface area contributed by atoms with Gasteiger partial charge in [-0.2, -0.15) is 4.98 Å². The van der Waals surface area contributed by atoms with Crippen molar-refractivity contribution in [3.63, 3.8) is 0 Å². The van der Waals surface area contributed by atoms with Crippen molar-refractivity contribution in [2.75, 3.05) is 19.7 Å². The predicted molar refractivity (Wildman–Crippen MR) is 89.6 cm³/mol. The monoisotopic (exact) mass is 335 g/mol. The molecular formula is C18H29N3O3. The summed E-state index contributed by atoms with van der Waals surface area (Å²) in [6.07, 6.45) is 7.77. The van der Waals surface area contributed by atoms with Crippen molar-refractivity contribution in [2.45, 2.75) is 70.8 Å². The van der Waals surface area contributed by atoms with Crippen LogP contribution in [0.15, 0.2) is 4.52 Å². The molecule has 2 fully saturated rings. The molecule has 0 N–H and O–H groups in total. The van der Waals surface area contributed by atoms with E-state index >= 15 is 0 Å². The highest BCUT2D eigenvalue weighted by molar-refractivity contribution is 5.77. The largest absolute Gasteiger partial charge is 0.368 e. The fourth-order valence-electron chi connectivity index (χ4n) is 3.79. The maximum absolute atomic E-state index is 12.5. The quantitative estimate of drug-likeness (QED) is 0.827. The number of likely N-dealkylation sites (tertiary alicyclic amines) is 1. The molecule has 6 nitrogen and oxygen atoms in total. The van der Waals surface area contributed by atoms with Gasteiger partial charge in [0.2, 0.25) is 11.8 Å². The number of nitrogens with zero attached hydrogens (tertiary/aromatic N) is 3. The van der Waals surface area contributed by atoms with E-state index in [1.807, 2.05) is 11.8 Å². The first kappa shape index (κ1) is 17.4. The van der Waals surface area contributed by atoms with Gasteiger partial charge in [-0.05, 0) is 31.6 Å². The highest BCUT2D eigenvalue weighted by atomic mass is 16.5. The molecule has 0 unspecified atom stereocenters. The molecule has 0 aromatic carbocycles. The van der Waals surface area contributed by atoms with E-state index in [2.05, 4.69) is 17.1 Å². The lowest BCUT2D eigenvalue weighted by Crippen LogP contribution is -2.42. The summed E-state index contributed by atoms with van der Waals surface area (Å²) in [6.45, 7) is 5.90. The molecule has 6 heteroatoms. The Balaban J connectivity index is 1.51. The normalized spacial score (nSPS) is 28.1. The van der Waals surface area contributed by atoms with Gasteiger partial charge in [0.15, 0.2) is 5.82 Å². The van der Waals surface area contributed by atoms with E-state index in [9.17, 15) is 4.79 Å². The summed E-state index contributed by atoms with van der Waals surface area (Å²) in [6, 6.07) is 0. The minimum atomic E-state index is 0.0942. The van der Waals surface area contributed by atoms with Crippen molar-refractivity contribution in [3.05, 3.63) is 11.7 Å². The van der Waals surface area contributed by atoms with Crippen molar-refractivity contribution in [3.8, 4) is 0 Å². The standard InChI is InChI=1S/C18H29N3O3/c1-3-16-19-18(20-24-16)14-8-6-10-21(11-14)17(22)12-23-15-9-5-4-7-13(15)2/h13-15H,3-12H2,1-2H3/t13-,14-,15-/m1/s1. The fourth-order valence-corrected chi connectivity index (χ4v) is 3.79. The number of carbonyl (C=O) groups excluding carboxylic acids is 1. The lowest BCUT2D eigenvalue weighted by molar-refractivity contribution is -0.141. The minimum Gasteiger partial charge on any atom is -0.368 e. The van der Waals surface area contributed by atoms with Crippen LogP contribution in [-0.2, 0) is 16.0 Å². The molecule has 2 aliphatic rings. The number of rotatable bonds is 5.